The molecular formula is C22H26N2O2. The fourth-order valence-electron chi connectivity index (χ4n) is 3.46. The number of amides is 1. The highest BCUT2D eigenvalue weighted by atomic mass is 16.3. The predicted octanol–water partition coefficient (Wildman–Crippen LogP) is 4.29. The van der Waals surface area contributed by atoms with Crippen molar-refractivity contribution < 1.29 is 9.90 Å². The number of aromatic nitrogens is 1. The lowest BCUT2D eigenvalue weighted by molar-refractivity contribution is 0.0756. The van der Waals surface area contributed by atoms with Crippen molar-refractivity contribution in [1.29, 1.82) is 0 Å². The van der Waals surface area contributed by atoms with Gasteiger partial charge in [0.25, 0.3) is 5.91 Å². The van der Waals surface area contributed by atoms with Gasteiger partial charge in [0, 0.05) is 24.5 Å². The van der Waals surface area contributed by atoms with Crippen molar-refractivity contribution in [1.82, 2.24) is 9.88 Å². The molecule has 2 aromatic carbocycles. The number of hydrogen-bond acceptors (Lipinski definition) is 2. The van der Waals surface area contributed by atoms with E-state index in [9.17, 15) is 9.90 Å². The Morgan fingerprint density at radius 1 is 1.08 bits per heavy atom. The fourth-order valence-corrected chi connectivity index (χ4v) is 3.46. The zero-order chi connectivity index (χ0) is 18.8. The van der Waals surface area contributed by atoms with Crippen molar-refractivity contribution in [2.45, 2.75) is 33.3 Å². The van der Waals surface area contributed by atoms with Crippen LogP contribution in [-0.4, -0.2) is 34.5 Å². The summed E-state index contributed by atoms with van der Waals surface area (Å²) < 4.78 is 0. The average molecular weight is 350 g/mol. The Bertz CT molecular complexity index is 928. The highest BCUT2D eigenvalue weighted by molar-refractivity contribution is 6.02. The van der Waals surface area contributed by atoms with Crippen LogP contribution in [0.1, 0.15) is 45.3 Å². The molecule has 1 aromatic heterocycles. The number of nitrogens with one attached hydrogen (secondary N) is 1. The van der Waals surface area contributed by atoms with Gasteiger partial charge in [0.1, 0.15) is 5.69 Å². The molecule has 3 rings (SSSR count). The molecule has 0 unspecified atom stereocenters. The Morgan fingerprint density at radius 2 is 1.73 bits per heavy atom. The highest BCUT2D eigenvalue weighted by Crippen LogP contribution is 2.28. The van der Waals surface area contributed by atoms with E-state index in [4.69, 9.17) is 0 Å². The van der Waals surface area contributed by atoms with E-state index in [0.717, 1.165) is 27.6 Å². The molecule has 0 aliphatic rings. The molecular weight excluding hydrogens is 324 g/mol. The van der Waals surface area contributed by atoms with Gasteiger partial charge in [0.15, 0.2) is 0 Å². The normalized spacial score (nSPS) is 12.3. The molecule has 2 N–H and O–H groups in total. The maximum absolute atomic E-state index is 12.9. The second-order valence-electron chi connectivity index (χ2n) is 7.02. The Hall–Kier alpha value is -2.59. The lowest BCUT2D eigenvalue weighted by Crippen LogP contribution is -2.29. The van der Waals surface area contributed by atoms with E-state index in [1.165, 1.54) is 5.56 Å². The molecule has 1 atom stereocenters. The summed E-state index contributed by atoms with van der Waals surface area (Å²) in [5, 5.41) is 11.4. The van der Waals surface area contributed by atoms with Crippen molar-refractivity contribution in [3.63, 3.8) is 0 Å². The second-order valence-corrected chi connectivity index (χ2v) is 7.02. The van der Waals surface area contributed by atoms with Gasteiger partial charge in [-0.15, -0.1) is 0 Å². The lowest BCUT2D eigenvalue weighted by atomic mass is 10.0. The second kappa shape index (κ2) is 7.34. The standard InChI is InChI=1S/C22H26N2O2/c1-14-10-11-15(2)20-19(14)16(3)21(23-20)22(26)24(4)13-12-18(25)17-8-6-5-7-9-17/h5-11,18,23,25H,12-13H2,1-4H3/t18-/m1/s1. The minimum atomic E-state index is -0.570. The van der Waals surface area contributed by atoms with Gasteiger partial charge in [-0.05, 0) is 49.4 Å². The number of H-pyrrole nitrogens is 1. The summed E-state index contributed by atoms with van der Waals surface area (Å²) in [4.78, 5) is 17.9. The lowest BCUT2D eigenvalue weighted by Gasteiger charge is -2.19. The largest absolute Gasteiger partial charge is 0.388 e. The number of aromatic amines is 1. The summed E-state index contributed by atoms with van der Waals surface area (Å²) in [7, 11) is 1.78. The van der Waals surface area contributed by atoms with Gasteiger partial charge in [0.05, 0.1) is 6.10 Å². The van der Waals surface area contributed by atoms with Crippen molar-refractivity contribution in [3.05, 3.63) is 70.4 Å². The molecule has 4 heteroatoms. The van der Waals surface area contributed by atoms with Crippen molar-refractivity contribution in [3.8, 4) is 0 Å². The van der Waals surface area contributed by atoms with Gasteiger partial charge >= 0.3 is 0 Å². The Morgan fingerprint density at radius 3 is 2.38 bits per heavy atom. The summed E-state index contributed by atoms with van der Waals surface area (Å²) in [6.07, 6.45) is -0.0661. The molecule has 0 radical (unpaired) electrons. The molecule has 0 aliphatic carbocycles. The van der Waals surface area contributed by atoms with Crippen LogP contribution in [0.5, 0.6) is 0 Å². The summed E-state index contributed by atoms with van der Waals surface area (Å²) in [5.74, 6) is -0.0437. The smallest absolute Gasteiger partial charge is 0.270 e. The van der Waals surface area contributed by atoms with Crippen LogP contribution in [0.15, 0.2) is 42.5 Å². The van der Waals surface area contributed by atoms with E-state index in [0.29, 0.717) is 18.7 Å². The van der Waals surface area contributed by atoms with Gasteiger partial charge in [-0.3, -0.25) is 4.79 Å². The third-order valence-electron chi connectivity index (χ3n) is 5.10. The van der Waals surface area contributed by atoms with E-state index >= 15 is 0 Å². The third kappa shape index (κ3) is 3.37. The topological polar surface area (TPSA) is 56.3 Å². The van der Waals surface area contributed by atoms with E-state index in [1.54, 1.807) is 11.9 Å². The first-order chi connectivity index (χ1) is 12.4. The molecule has 0 aliphatic heterocycles. The van der Waals surface area contributed by atoms with Crippen molar-refractivity contribution in [2.75, 3.05) is 13.6 Å². The number of rotatable bonds is 5. The zero-order valence-electron chi connectivity index (χ0n) is 15.8. The van der Waals surface area contributed by atoms with Crippen LogP contribution >= 0.6 is 0 Å². The summed E-state index contributed by atoms with van der Waals surface area (Å²) in [5.41, 5.74) is 5.83. The molecule has 0 bridgehead atoms. The van der Waals surface area contributed by atoms with E-state index < -0.39 is 6.10 Å². The molecule has 0 spiro atoms. The zero-order valence-corrected chi connectivity index (χ0v) is 15.8. The Kier molecular flexibility index (Phi) is 5.14. The van der Waals surface area contributed by atoms with E-state index in [2.05, 4.69) is 24.0 Å². The maximum Gasteiger partial charge on any atom is 0.270 e. The number of nitrogens with zero attached hydrogens (tertiary/aromatic N) is 1. The number of carbonyl (C=O) groups excluding carboxylic acids is 1. The quantitative estimate of drug-likeness (QED) is 0.721. The molecule has 136 valence electrons. The Labute approximate surface area is 154 Å². The number of aliphatic hydroxyl groups excluding tert-OH is 1. The van der Waals surface area contributed by atoms with Crippen molar-refractivity contribution >= 4 is 16.8 Å². The number of aliphatic hydroxyl groups is 1. The van der Waals surface area contributed by atoms with Crippen LogP contribution in [0.3, 0.4) is 0 Å². The molecule has 0 saturated carbocycles. The molecule has 1 heterocycles. The molecule has 0 saturated heterocycles. The fraction of sp³-hybridized carbons (Fsp3) is 0.318. The van der Waals surface area contributed by atoms with Gasteiger partial charge in [-0.2, -0.15) is 0 Å². The summed E-state index contributed by atoms with van der Waals surface area (Å²) in [6.45, 7) is 6.59. The summed E-state index contributed by atoms with van der Waals surface area (Å²) in [6, 6.07) is 13.7. The first-order valence-electron chi connectivity index (χ1n) is 8.97. The van der Waals surface area contributed by atoms with Gasteiger partial charge in [-0.25, -0.2) is 0 Å². The minimum Gasteiger partial charge on any atom is -0.388 e. The number of carbonyl (C=O) groups is 1. The van der Waals surface area contributed by atoms with Crippen LogP contribution in [0.4, 0.5) is 0 Å². The molecule has 4 nitrogen and oxygen atoms in total. The van der Waals surface area contributed by atoms with E-state index in [1.807, 2.05) is 44.2 Å². The van der Waals surface area contributed by atoms with Gasteiger partial charge in [-0.1, -0.05) is 42.5 Å². The summed E-state index contributed by atoms with van der Waals surface area (Å²) >= 11 is 0. The highest BCUT2D eigenvalue weighted by Gasteiger charge is 2.20. The minimum absolute atomic E-state index is 0.0437. The molecule has 3 aromatic rings. The van der Waals surface area contributed by atoms with Crippen LogP contribution < -0.4 is 0 Å². The number of benzene rings is 2. The average Bonchev–Trinajstić information content (AvgIpc) is 3.01. The number of hydrogen-bond donors (Lipinski definition) is 2. The number of fused-ring (bicyclic) bond motifs is 1. The van der Waals surface area contributed by atoms with Crippen molar-refractivity contribution in [2.24, 2.45) is 0 Å². The van der Waals surface area contributed by atoms with Crippen LogP contribution in [-0.2, 0) is 0 Å². The SMILES string of the molecule is Cc1ccc(C)c2c(C)c(C(=O)N(C)CC[C@@H](O)c3ccccc3)[nH]c12. The van der Waals surface area contributed by atoms with Gasteiger partial charge < -0.3 is 15.0 Å². The molecule has 1 amide bonds. The number of aryl methyl sites for hydroxylation is 3. The van der Waals surface area contributed by atoms with E-state index in [-0.39, 0.29) is 5.91 Å². The molecule has 26 heavy (non-hydrogen) atoms. The molecule has 0 fully saturated rings. The third-order valence-corrected chi connectivity index (χ3v) is 5.10. The maximum atomic E-state index is 12.9. The van der Waals surface area contributed by atoms with Crippen LogP contribution in [0, 0.1) is 20.8 Å². The first-order valence-corrected chi connectivity index (χ1v) is 8.97. The van der Waals surface area contributed by atoms with Crippen LogP contribution in [0.2, 0.25) is 0 Å². The van der Waals surface area contributed by atoms with Crippen LogP contribution in [0.25, 0.3) is 10.9 Å². The van der Waals surface area contributed by atoms with Gasteiger partial charge in [0.2, 0.25) is 0 Å². The predicted molar refractivity (Wildman–Crippen MR) is 105 cm³/mol. The Balaban J connectivity index is 1.77. The monoisotopic (exact) mass is 350 g/mol. The first kappa shape index (κ1) is 18.2.